The maximum atomic E-state index is 11.9. The van der Waals surface area contributed by atoms with Crippen LogP contribution in [0.2, 0.25) is 0 Å². The molecule has 0 bridgehead atoms. The van der Waals surface area contributed by atoms with Crippen molar-refractivity contribution >= 4 is 17.7 Å². The lowest BCUT2D eigenvalue weighted by atomic mass is 10.0. The number of carbonyl (C=O) groups excluding carboxylic acids is 1. The molecule has 3 rings (SSSR count). The fourth-order valence-corrected chi connectivity index (χ4v) is 2.61. The number of rotatable bonds is 3. The molecule has 1 aliphatic heterocycles. The molecule has 0 spiro atoms. The maximum absolute atomic E-state index is 11.9. The van der Waals surface area contributed by atoms with E-state index in [2.05, 4.69) is 10.4 Å². The largest absolute Gasteiger partial charge is 0.481 e. The molecule has 6 heteroatoms. The lowest BCUT2D eigenvalue weighted by molar-refractivity contribution is -0.139. The second kappa shape index (κ2) is 4.73. The number of carboxylic acid groups (broad SMARTS) is 1. The van der Waals surface area contributed by atoms with E-state index in [-0.39, 0.29) is 12.3 Å². The van der Waals surface area contributed by atoms with Gasteiger partial charge in [-0.05, 0) is 19.4 Å². The number of amides is 1. The van der Waals surface area contributed by atoms with Crippen LogP contribution in [0.25, 0.3) is 11.1 Å². The Morgan fingerprint density at radius 3 is 2.62 bits per heavy atom. The summed E-state index contributed by atoms with van der Waals surface area (Å²) in [5, 5.41) is 16.0. The summed E-state index contributed by atoms with van der Waals surface area (Å²) in [5.41, 5.74) is 3.71. The number of hydrogen-bond donors (Lipinski definition) is 2. The number of fused-ring (bicyclic) bond motifs is 1. The molecular formula is C15H15N3O3. The summed E-state index contributed by atoms with van der Waals surface area (Å²) in [6, 6.07) is 7.14. The van der Waals surface area contributed by atoms with E-state index in [1.807, 2.05) is 38.1 Å². The molecule has 1 aliphatic rings. The minimum absolute atomic E-state index is 0.271. The molecule has 108 valence electrons. The van der Waals surface area contributed by atoms with Crippen LogP contribution in [-0.2, 0) is 9.59 Å². The van der Waals surface area contributed by atoms with Gasteiger partial charge >= 0.3 is 5.97 Å². The number of carbonyl (C=O) groups is 2. The quantitative estimate of drug-likeness (QED) is 0.904. The van der Waals surface area contributed by atoms with E-state index in [4.69, 9.17) is 5.11 Å². The predicted octanol–water partition coefficient (Wildman–Crippen LogP) is 2.13. The average molecular weight is 285 g/mol. The van der Waals surface area contributed by atoms with Crippen molar-refractivity contribution in [2.75, 3.05) is 5.32 Å². The molecule has 2 aromatic rings. The predicted molar refractivity (Wildman–Crippen MR) is 77.1 cm³/mol. The molecule has 0 fully saturated rings. The van der Waals surface area contributed by atoms with Crippen molar-refractivity contribution in [3.63, 3.8) is 0 Å². The number of nitrogens with zero attached hydrogens (tertiary/aromatic N) is 2. The monoisotopic (exact) mass is 285 g/mol. The molecule has 1 atom stereocenters. The highest BCUT2D eigenvalue weighted by Crippen LogP contribution is 2.38. The Bertz CT molecular complexity index is 731. The zero-order valence-corrected chi connectivity index (χ0v) is 11.8. The molecule has 0 aliphatic carbocycles. The molecule has 0 radical (unpaired) electrons. The van der Waals surface area contributed by atoms with Crippen molar-refractivity contribution in [1.82, 2.24) is 9.78 Å². The van der Waals surface area contributed by atoms with Gasteiger partial charge in [-0.1, -0.05) is 29.8 Å². The van der Waals surface area contributed by atoms with Gasteiger partial charge < -0.3 is 10.4 Å². The van der Waals surface area contributed by atoms with E-state index in [9.17, 15) is 9.59 Å². The molecular weight excluding hydrogens is 270 g/mol. The van der Waals surface area contributed by atoms with Crippen LogP contribution in [0.1, 0.15) is 23.7 Å². The highest BCUT2D eigenvalue weighted by molar-refractivity contribution is 6.02. The molecule has 1 aromatic carbocycles. The van der Waals surface area contributed by atoms with Gasteiger partial charge in [0.2, 0.25) is 0 Å². The summed E-state index contributed by atoms with van der Waals surface area (Å²) < 4.78 is 1.49. The normalized spacial score (nSPS) is 16.7. The summed E-state index contributed by atoms with van der Waals surface area (Å²) in [6.07, 6.45) is -0.271. The topological polar surface area (TPSA) is 84.2 Å². The standard InChI is InChI=1S/C15H15N3O3/c1-8-3-5-10(6-4-8)13-9(2)17-18-11(7-12(19)20)15(21)16-14(13)18/h3-6,11H,7H2,1-2H3,(H,16,21)(H,19,20)/t11-/m0/s1. The Hall–Kier alpha value is -2.63. The average Bonchev–Trinajstić information content (AvgIpc) is 2.87. The lowest BCUT2D eigenvalue weighted by Gasteiger charge is -2.04. The van der Waals surface area contributed by atoms with Crippen LogP contribution in [0.5, 0.6) is 0 Å². The van der Waals surface area contributed by atoms with Crippen molar-refractivity contribution in [2.24, 2.45) is 0 Å². The van der Waals surface area contributed by atoms with Crippen LogP contribution in [0.3, 0.4) is 0 Å². The van der Waals surface area contributed by atoms with E-state index < -0.39 is 12.0 Å². The van der Waals surface area contributed by atoms with Crippen LogP contribution >= 0.6 is 0 Å². The van der Waals surface area contributed by atoms with E-state index in [0.717, 1.165) is 22.4 Å². The number of aromatic nitrogens is 2. The van der Waals surface area contributed by atoms with E-state index >= 15 is 0 Å². The zero-order chi connectivity index (χ0) is 15.1. The van der Waals surface area contributed by atoms with Crippen molar-refractivity contribution in [1.29, 1.82) is 0 Å². The first kappa shape index (κ1) is 13.4. The van der Waals surface area contributed by atoms with Crippen molar-refractivity contribution in [3.05, 3.63) is 35.5 Å². The summed E-state index contributed by atoms with van der Waals surface area (Å²) in [4.78, 5) is 22.8. The number of nitrogens with one attached hydrogen (secondary N) is 1. The molecule has 0 saturated carbocycles. The Morgan fingerprint density at radius 1 is 1.33 bits per heavy atom. The lowest BCUT2D eigenvalue weighted by Crippen LogP contribution is -2.20. The van der Waals surface area contributed by atoms with Gasteiger partial charge in [0.25, 0.3) is 5.91 Å². The highest BCUT2D eigenvalue weighted by atomic mass is 16.4. The van der Waals surface area contributed by atoms with E-state index in [1.165, 1.54) is 4.68 Å². The second-order valence-electron chi connectivity index (χ2n) is 5.22. The molecule has 21 heavy (non-hydrogen) atoms. The fourth-order valence-electron chi connectivity index (χ4n) is 2.61. The number of hydrogen-bond acceptors (Lipinski definition) is 3. The summed E-state index contributed by atoms with van der Waals surface area (Å²) >= 11 is 0. The minimum atomic E-state index is -1.02. The molecule has 1 amide bonds. The van der Waals surface area contributed by atoms with Gasteiger partial charge in [-0.2, -0.15) is 5.10 Å². The van der Waals surface area contributed by atoms with Crippen molar-refractivity contribution in [3.8, 4) is 11.1 Å². The smallest absolute Gasteiger partial charge is 0.306 e. The summed E-state index contributed by atoms with van der Waals surface area (Å²) in [5.74, 6) is -0.770. The Labute approximate surface area is 121 Å². The third kappa shape index (κ3) is 2.18. The fraction of sp³-hybridized carbons (Fsp3) is 0.267. The molecule has 6 nitrogen and oxygen atoms in total. The molecule has 0 unspecified atom stereocenters. The number of anilines is 1. The number of aliphatic carboxylic acids is 1. The first-order chi connectivity index (χ1) is 9.97. The highest BCUT2D eigenvalue weighted by Gasteiger charge is 2.36. The van der Waals surface area contributed by atoms with Gasteiger partial charge in [0, 0.05) is 5.56 Å². The molecule has 1 aromatic heterocycles. The van der Waals surface area contributed by atoms with Gasteiger partial charge in [-0.25, -0.2) is 4.68 Å². The van der Waals surface area contributed by atoms with Gasteiger partial charge in [-0.3, -0.25) is 9.59 Å². The summed E-state index contributed by atoms with van der Waals surface area (Å²) in [6.45, 7) is 3.86. The number of aryl methyl sites for hydroxylation is 2. The zero-order valence-electron chi connectivity index (χ0n) is 11.8. The van der Waals surface area contributed by atoms with E-state index in [1.54, 1.807) is 0 Å². The third-order valence-corrected chi connectivity index (χ3v) is 3.63. The molecule has 2 heterocycles. The SMILES string of the molecule is Cc1ccc(-c2c(C)nn3c2NC(=O)[C@@H]3CC(=O)O)cc1. The number of benzene rings is 1. The van der Waals surface area contributed by atoms with Crippen molar-refractivity contribution < 1.29 is 14.7 Å². The van der Waals surface area contributed by atoms with Crippen LogP contribution in [-0.4, -0.2) is 26.8 Å². The molecule has 2 N–H and O–H groups in total. The van der Waals surface area contributed by atoms with E-state index in [0.29, 0.717) is 5.82 Å². The van der Waals surface area contributed by atoms with Gasteiger partial charge in [-0.15, -0.1) is 0 Å². The Morgan fingerprint density at radius 2 is 2.00 bits per heavy atom. The van der Waals surface area contributed by atoms with Gasteiger partial charge in [0.15, 0.2) is 0 Å². The first-order valence-corrected chi connectivity index (χ1v) is 6.66. The maximum Gasteiger partial charge on any atom is 0.306 e. The van der Waals surface area contributed by atoms with Crippen molar-refractivity contribution in [2.45, 2.75) is 26.3 Å². The number of carboxylic acids is 1. The first-order valence-electron chi connectivity index (χ1n) is 6.66. The van der Waals surface area contributed by atoms with Gasteiger partial charge in [0.05, 0.1) is 12.1 Å². The van der Waals surface area contributed by atoms with Crippen LogP contribution < -0.4 is 5.32 Å². The van der Waals surface area contributed by atoms with Crippen LogP contribution in [0, 0.1) is 13.8 Å². The Kier molecular flexibility index (Phi) is 3.01. The van der Waals surface area contributed by atoms with Gasteiger partial charge in [0.1, 0.15) is 11.9 Å². The minimum Gasteiger partial charge on any atom is -0.481 e. The Balaban J connectivity index is 2.08. The molecule has 0 saturated heterocycles. The van der Waals surface area contributed by atoms with Crippen LogP contribution in [0.15, 0.2) is 24.3 Å². The summed E-state index contributed by atoms with van der Waals surface area (Å²) in [7, 11) is 0. The second-order valence-corrected chi connectivity index (χ2v) is 5.22. The third-order valence-electron chi connectivity index (χ3n) is 3.63. The van der Waals surface area contributed by atoms with Crippen LogP contribution in [0.4, 0.5) is 5.82 Å².